The summed E-state index contributed by atoms with van der Waals surface area (Å²) < 4.78 is 5.16. The van der Waals surface area contributed by atoms with Crippen LogP contribution in [0.2, 0.25) is 0 Å². The van der Waals surface area contributed by atoms with Gasteiger partial charge in [0.25, 0.3) is 0 Å². The van der Waals surface area contributed by atoms with Gasteiger partial charge in [0.1, 0.15) is 0 Å². The molecule has 0 aliphatic rings. The van der Waals surface area contributed by atoms with Crippen molar-refractivity contribution >= 4 is 11.9 Å². The Morgan fingerprint density at radius 3 is 1.78 bits per heavy atom. The molecule has 1 unspecified atom stereocenters. The number of hydrogen-bond donors (Lipinski definition) is 1. The summed E-state index contributed by atoms with van der Waals surface area (Å²) in [5, 5.41) is 9.42. The number of rotatable bonds is 7. The summed E-state index contributed by atoms with van der Waals surface area (Å²) in [6.45, 7) is 11.4. The molecule has 0 amide bonds. The molecular formula is C14H26O4. The molecule has 0 aliphatic heterocycles. The van der Waals surface area contributed by atoms with Gasteiger partial charge in [-0.05, 0) is 25.2 Å². The second-order valence-corrected chi connectivity index (χ2v) is 5.26. The van der Waals surface area contributed by atoms with Crippen LogP contribution in [0.1, 0.15) is 48.0 Å². The summed E-state index contributed by atoms with van der Waals surface area (Å²) in [4.78, 5) is 23.9. The van der Waals surface area contributed by atoms with Crippen LogP contribution in [-0.2, 0) is 14.3 Å². The number of esters is 1. The van der Waals surface area contributed by atoms with E-state index in [2.05, 4.69) is 0 Å². The molecule has 4 nitrogen and oxygen atoms in total. The largest absolute Gasteiger partial charge is 0.481 e. The third kappa shape index (κ3) is 2.85. The SMILES string of the molecule is CCOC(=O)C(C(C)C)(C(C)C)C(CC)C(=O)O. The summed E-state index contributed by atoms with van der Waals surface area (Å²) in [7, 11) is 0. The van der Waals surface area contributed by atoms with Crippen molar-refractivity contribution in [2.45, 2.75) is 48.0 Å². The van der Waals surface area contributed by atoms with Crippen LogP contribution in [0.15, 0.2) is 0 Å². The van der Waals surface area contributed by atoms with Gasteiger partial charge in [0.05, 0.1) is 17.9 Å². The van der Waals surface area contributed by atoms with Crippen molar-refractivity contribution in [3.8, 4) is 0 Å². The highest BCUT2D eigenvalue weighted by atomic mass is 16.5. The first-order valence-electron chi connectivity index (χ1n) is 6.66. The molecule has 1 atom stereocenters. The summed E-state index contributed by atoms with van der Waals surface area (Å²) in [6.07, 6.45) is 0.421. The standard InChI is InChI=1S/C14H26O4/c1-7-11(12(15)16)14(9(3)4,10(5)6)13(17)18-8-2/h9-11H,7-8H2,1-6H3,(H,15,16). The smallest absolute Gasteiger partial charge is 0.313 e. The number of carboxylic acids is 1. The third-order valence-corrected chi connectivity index (χ3v) is 3.82. The Balaban J connectivity index is 5.76. The molecule has 0 rings (SSSR count). The van der Waals surface area contributed by atoms with Crippen molar-refractivity contribution in [3.63, 3.8) is 0 Å². The van der Waals surface area contributed by atoms with E-state index in [0.717, 1.165) is 0 Å². The Kier molecular flexibility index (Phi) is 6.36. The topological polar surface area (TPSA) is 63.6 Å². The lowest BCUT2D eigenvalue weighted by Crippen LogP contribution is -2.51. The average molecular weight is 258 g/mol. The lowest BCUT2D eigenvalue weighted by molar-refractivity contribution is -0.176. The zero-order valence-corrected chi connectivity index (χ0v) is 12.3. The molecule has 18 heavy (non-hydrogen) atoms. The molecule has 0 saturated heterocycles. The summed E-state index contributed by atoms with van der Waals surface area (Å²) in [6, 6.07) is 0. The Morgan fingerprint density at radius 2 is 1.56 bits per heavy atom. The monoisotopic (exact) mass is 258 g/mol. The number of ether oxygens (including phenoxy) is 1. The van der Waals surface area contributed by atoms with Gasteiger partial charge in [0.2, 0.25) is 0 Å². The van der Waals surface area contributed by atoms with Crippen LogP contribution in [0.25, 0.3) is 0 Å². The zero-order chi connectivity index (χ0) is 14.5. The first-order valence-corrected chi connectivity index (χ1v) is 6.66. The molecule has 0 fully saturated rings. The van der Waals surface area contributed by atoms with Gasteiger partial charge < -0.3 is 9.84 Å². The lowest BCUT2D eigenvalue weighted by atomic mass is 9.60. The molecule has 0 saturated carbocycles. The Labute approximate surface area is 110 Å². The van der Waals surface area contributed by atoms with Crippen LogP contribution < -0.4 is 0 Å². The van der Waals surface area contributed by atoms with Crippen molar-refractivity contribution in [2.75, 3.05) is 6.61 Å². The van der Waals surface area contributed by atoms with Gasteiger partial charge >= 0.3 is 11.9 Å². The van der Waals surface area contributed by atoms with Crippen LogP contribution in [-0.4, -0.2) is 23.7 Å². The van der Waals surface area contributed by atoms with Crippen LogP contribution in [0.3, 0.4) is 0 Å². The summed E-state index contributed by atoms with van der Waals surface area (Å²) in [5.41, 5.74) is -0.962. The molecule has 0 heterocycles. The van der Waals surface area contributed by atoms with Gasteiger partial charge in [-0.25, -0.2) is 0 Å². The van der Waals surface area contributed by atoms with Gasteiger partial charge in [-0.15, -0.1) is 0 Å². The molecule has 0 bridgehead atoms. The highest BCUT2D eigenvalue weighted by molar-refractivity contribution is 5.85. The van der Waals surface area contributed by atoms with Crippen LogP contribution in [0, 0.1) is 23.2 Å². The average Bonchev–Trinajstić information content (AvgIpc) is 2.23. The number of carbonyl (C=O) groups is 2. The predicted octanol–water partition coefficient (Wildman–Crippen LogP) is 2.96. The van der Waals surface area contributed by atoms with Crippen molar-refractivity contribution < 1.29 is 19.4 Å². The van der Waals surface area contributed by atoms with E-state index in [4.69, 9.17) is 4.74 Å². The number of carbonyl (C=O) groups excluding carboxylic acids is 1. The molecule has 0 aromatic rings. The van der Waals surface area contributed by atoms with E-state index in [1.165, 1.54) is 0 Å². The molecule has 0 aromatic carbocycles. The fourth-order valence-electron chi connectivity index (χ4n) is 3.06. The molecule has 0 aromatic heterocycles. The molecule has 0 spiro atoms. The second kappa shape index (κ2) is 6.76. The minimum absolute atomic E-state index is 0.0856. The molecular weight excluding hydrogens is 232 g/mol. The highest BCUT2D eigenvalue weighted by Gasteiger charge is 2.54. The molecule has 0 radical (unpaired) electrons. The van der Waals surface area contributed by atoms with Crippen LogP contribution in [0.5, 0.6) is 0 Å². The fourth-order valence-corrected chi connectivity index (χ4v) is 3.06. The normalized spacial score (nSPS) is 13.8. The van der Waals surface area contributed by atoms with Crippen molar-refractivity contribution in [3.05, 3.63) is 0 Å². The quantitative estimate of drug-likeness (QED) is 0.713. The molecule has 106 valence electrons. The number of aliphatic carboxylic acids is 1. The first kappa shape index (κ1) is 16.9. The number of carboxylic acid groups (broad SMARTS) is 1. The van der Waals surface area contributed by atoms with E-state index in [1.54, 1.807) is 13.8 Å². The van der Waals surface area contributed by atoms with Gasteiger partial charge in [-0.2, -0.15) is 0 Å². The van der Waals surface area contributed by atoms with Crippen LogP contribution >= 0.6 is 0 Å². The van der Waals surface area contributed by atoms with Crippen molar-refractivity contribution in [1.82, 2.24) is 0 Å². The van der Waals surface area contributed by atoms with Gasteiger partial charge in [-0.1, -0.05) is 34.6 Å². The van der Waals surface area contributed by atoms with Gasteiger partial charge in [0.15, 0.2) is 0 Å². The number of hydrogen-bond acceptors (Lipinski definition) is 3. The first-order chi connectivity index (χ1) is 8.26. The van der Waals surface area contributed by atoms with Crippen LogP contribution in [0.4, 0.5) is 0 Å². The van der Waals surface area contributed by atoms with E-state index < -0.39 is 17.3 Å². The third-order valence-electron chi connectivity index (χ3n) is 3.82. The van der Waals surface area contributed by atoms with E-state index in [-0.39, 0.29) is 24.4 Å². The van der Waals surface area contributed by atoms with E-state index >= 15 is 0 Å². The molecule has 4 heteroatoms. The van der Waals surface area contributed by atoms with E-state index in [9.17, 15) is 14.7 Å². The second-order valence-electron chi connectivity index (χ2n) is 5.26. The maximum atomic E-state index is 12.4. The minimum atomic E-state index is -0.962. The Hall–Kier alpha value is -1.06. The van der Waals surface area contributed by atoms with Gasteiger partial charge in [-0.3, -0.25) is 9.59 Å². The maximum Gasteiger partial charge on any atom is 0.313 e. The van der Waals surface area contributed by atoms with Crippen molar-refractivity contribution in [1.29, 1.82) is 0 Å². The Bertz CT molecular complexity index is 286. The van der Waals surface area contributed by atoms with E-state index in [0.29, 0.717) is 6.42 Å². The lowest BCUT2D eigenvalue weighted by Gasteiger charge is -2.42. The van der Waals surface area contributed by atoms with Crippen molar-refractivity contribution in [2.24, 2.45) is 23.2 Å². The molecule has 0 aliphatic carbocycles. The minimum Gasteiger partial charge on any atom is -0.481 e. The van der Waals surface area contributed by atoms with Gasteiger partial charge in [0, 0.05) is 0 Å². The maximum absolute atomic E-state index is 12.4. The molecule has 1 N–H and O–H groups in total. The van der Waals surface area contributed by atoms with E-state index in [1.807, 2.05) is 27.7 Å². The Morgan fingerprint density at radius 1 is 1.11 bits per heavy atom. The summed E-state index contributed by atoms with van der Waals surface area (Å²) in [5.74, 6) is -2.19. The summed E-state index contributed by atoms with van der Waals surface area (Å²) >= 11 is 0. The fraction of sp³-hybridized carbons (Fsp3) is 0.857. The predicted molar refractivity (Wildman–Crippen MR) is 70.2 cm³/mol. The zero-order valence-electron chi connectivity index (χ0n) is 12.3. The highest BCUT2D eigenvalue weighted by Crippen LogP contribution is 2.45.